The predicted octanol–water partition coefficient (Wildman–Crippen LogP) is 1.74. The maximum Gasteiger partial charge on any atom is 0.240 e. The van der Waals surface area contributed by atoms with Crippen molar-refractivity contribution in [1.82, 2.24) is 14.1 Å². The number of anilines is 1. The summed E-state index contributed by atoms with van der Waals surface area (Å²) in [5.74, 6) is 0.788. The Bertz CT molecular complexity index is 1090. The average molecular weight is 370 g/mol. The van der Waals surface area contributed by atoms with Gasteiger partial charge in [0.05, 0.1) is 23.0 Å². The third-order valence-electron chi connectivity index (χ3n) is 4.40. The van der Waals surface area contributed by atoms with Crippen LogP contribution in [0.25, 0.3) is 5.52 Å². The molecule has 3 aromatic rings. The van der Waals surface area contributed by atoms with Gasteiger partial charge in [-0.05, 0) is 42.3 Å². The van der Waals surface area contributed by atoms with Gasteiger partial charge in [0, 0.05) is 24.8 Å². The Labute approximate surface area is 151 Å². The lowest BCUT2D eigenvalue weighted by Crippen LogP contribution is -2.25. The number of carbonyl (C=O) groups excluding carboxylic acids is 1. The molecule has 0 radical (unpaired) electrons. The smallest absolute Gasteiger partial charge is 0.240 e. The van der Waals surface area contributed by atoms with Gasteiger partial charge in [-0.2, -0.15) is 0 Å². The van der Waals surface area contributed by atoms with Crippen molar-refractivity contribution in [3.8, 4) is 0 Å². The second kappa shape index (κ2) is 6.54. The zero-order valence-electron chi connectivity index (χ0n) is 14.0. The van der Waals surface area contributed by atoms with Gasteiger partial charge in [-0.1, -0.05) is 6.07 Å². The summed E-state index contributed by atoms with van der Waals surface area (Å²) in [5.41, 5.74) is 2.41. The summed E-state index contributed by atoms with van der Waals surface area (Å²) >= 11 is 0. The van der Waals surface area contributed by atoms with Crippen molar-refractivity contribution >= 4 is 27.1 Å². The van der Waals surface area contributed by atoms with Gasteiger partial charge in [0.25, 0.3) is 0 Å². The highest BCUT2D eigenvalue weighted by Gasteiger charge is 2.21. The summed E-state index contributed by atoms with van der Waals surface area (Å²) < 4.78 is 29.5. The zero-order chi connectivity index (χ0) is 18.1. The Morgan fingerprint density at radius 2 is 2.12 bits per heavy atom. The fourth-order valence-corrected chi connectivity index (χ4v) is 4.22. The molecule has 3 heterocycles. The fraction of sp³-hybridized carbons (Fsp3) is 0.222. The second-order valence-electron chi connectivity index (χ2n) is 6.22. The van der Waals surface area contributed by atoms with Gasteiger partial charge in [-0.25, -0.2) is 18.1 Å². The SMILES string of the molecule is O=C1Cc2cc(S(=O)(=O)NCCCc3ncc4ccccn34)ccc2N1. The van der Waals surface area contributed by atoms with Crippen LogP contribution < -0.4 is 10.0 Å². The topological polar surface area (TPSA) is 92.6 Å². The van der Waals surface area contributed by atoms with E-state index in [9.17, 15) is 13.2 Å². The van der Waals surface area contributed by atoms with E-state index in [0.717, 1.165) is 11.3 Å². The minimum atomic E-state index is -3.60. The number of hydrogen-bond acceptors (Lipinski definition) is 4. The van der Waals surface area contributed by atoms with Crippen LogP contribution in [-0.4, -0.2) is 30.3 Å². The summed E-state index contributed by atoms with van der Waals surface area (Å²) in [7, 11) is -3.60. The number of amides is 1. The Morgan fingerprint density at radius 3 is 3.00 bits per heavy atom. The van der Waals surface area contributed by atoms with Crippen LogP contribution in [0.2, 0.25) is 0 Å². The maximum absolute atomic E-state index is 12.4. The minimum Gasteiger partial charge on any atom is -0.326 e. The molecule has 2 N–H and O–H groups in total. The average Bonchev–Trinajstić information content (AvgIpc) is 3.20. The Balaban J connectivity index is 1.38. The lowest BCUT2D eigenvalue weighted by atomic mass is 10.2. The van der Waals surface area contributed by atoms with Crippen molar-refractivity contribution in [2.24, 2.45) is 0 Å². The lowest BCUT2D eigenvalue weighted by molar-refractivity contribution is -0.115. The Hall–Kier alpha value is -2.71. The molecule has 0 bridgehead atoms. The summed E-state index contributed by atoms with van der Waals surface area (Å²) in [6.45, 7) is 0.318. The summed E-state index contributed by atoms with van der Waals surface area (Å²) in [5, 5.41) is 2.70. The summed E-state index contributed by atoms with van der Waals surface area (Å²) in [6, 6.07) is 10.6. The molecule has 1 aromatic carbocycles. The molecule has 0 saturated carbocycles. The molecule has 0 fully saturated rings. The molecule has 4 rings (SSSR count). The van der Waals surface area contributed by atoms with Crippen molar-refractivity contribution < 1.29 is 13.2 Å². The van der Waals surface area contributed by atoms with Gasteiger partial charge in [-0.15, -0.1) is 0 Å². The van der Waals surface area contributed by atoms with Crippen LogP contribution >= 0.6 is 0 Å². The predicted molar refractivity (Wildman–Crippen MR) is 97.5 cm³/mol. The number of aryl methyl sites for hydroxylation is 1. The molecular weight excluding hydrogens is 352 g/mol. The molecule has 1 aliphatic rings. The van der Waals surface area contributed by atoms with Crippen molar-refractivity contribution in [2.75, 3.05) is 11.9 Å². The van der Waals surface area contributed by atoms with Gasteiger partial charge >= 0.3 is 0 Å². The Morgan fingerprint density at radius 1 is 1.23 bits per heavy atom. The van der Waals surface area contributed by atoms with E-state index in [0.29, 0.717) is 30.6 Å². The number of sulfonamides is 1. The molecule has 0 aliphatic carbocycles. The maximum atomic E-state index is 12.4. The minimum absolute atomic E-state index is 0.116. The molecule has 134 valence electrons. The number of benzene rings is 1. The van der Waals surface area contributed by atoms with Crippen LogP contribution in [-0.2, 0) is 27.7 Å². The molecule has 0 saturated heterocycles. The highest BCUT2D eigenvalue weighted by atomic mass is 32.2. The first-order valence-electron chi connectivity index (χ1n) is 8.36. The largest absolute Gasteiger partial charge is 0.326 e. The first kappa shape index (κ1) is 16.7. The van der Waals surface area contributed by atoms with E-state index in [1.807, 2.05) is 28.8 Å². The number of carbonyl (C=O) groups is 1. The third-order valence-corrected chi connectivity index (χ3v) is 5.86. The number of aromatic nitrogens is 2. The van der Waals surface area contributed by atoms with Crippen LogP contribution in [0.15, 0.2) is 53.7 Å². The molecule has 0 unspecified atom stereocenters. The van der Waals surface area contributed by atoms with Gasteiger partial charge in [-0.3, -0.25) is 4.79 Å². The number of hydrogen-bond donors (Lipinski definition) is 2. The van der Waals surface area contributed by atoms with Gasteiger partial charge in [0.2, 0.25) is 15.9 Å². The van der Waals surface area contributed by atoms with E-state index in [4.69, 9.17) is 0 Å². The van der Waals surface area contributed by atoms with Crippen molar-refractivity contribution in [1.29, 1.82) is 0 Å². The monoisotopic (exact) mass is 370 g/mol. The van der Waals surface area contributed by atoms with E-state index in [1.165, 1.54) is 6.07 Å². The van der Waals surface area contributed by atoms with Gasteiger partial charge in [0.15, 0.2) is 0 Å². The van der Waals surface area contributed by atoms with Gasteiger partial charge in [0.1, 0.15) is 5.82 Å². The number of imidazole rings is 1. The molecule has 0 atom stereocenters. The molecular formula is C18H18N4O3S. The standard InChI is InChI=1S/C18H18N4O3S/c23-18-11-13-10-15(6-7-16(13)21-18)26(24,25)20-8-3-5-17-19-12-14-4-1-2-9-22(14)17/h1-2,4,6-7,9-10,12,20H,3,5,8,11H2,(H,21,23). The molecule has 8 heteroatoms. The highest BCUT2D eigenvalue weighted by molar-refractivity contribution is 7.89. The van der Waals surface area contributed by atoms with Crippen molar-refractivity contribution in [3.05, 3.63) is 60.2 Å². The lowest BCUT2D eigenvalue weighted by Gasteiger charge is -2.08. The van der Waals surface area contributed by atoms with Crippen molar-refractivity contribution in [3.63, 3.8) is 0 Å². The molecule has 0 spiro atoms. The number of nitrogens with zero attached hydrogens (tertiary/aromatic N) is 2. The second-order valence-corrected chi connectivity index (χ2v) is 7.98. The van der Waals surface area contributed by atoms with Gasteiger partial charge < -0.3 is 9.72 Å². The van der Waals surface area contributed by atoms with Crippen LogP contribution in [0.3, 0.4) is 0 Å². The molecule has 7 nitrogen and oxygen atoms in total. The third kappa shape index (κ3) is 3.21. The van der Waals surface area contributed by atoms with E-state index < -0.39 is 10.0 Å². The first-order valence-corrected chi connectivity index (χ1v) is 9.85. The number of fused-ring (bicyclic) bond motifs is 2. The van der Waals surface area contributed by atoms with Crippen LogP contribution in [0.1, 0.15) is 17.8 Å². The molecule has 1 amide bonds. The van der Waals surface area contributed by atoms with Crippen LogP contribution in [0, 0.1) is 0 Å². The highest BCUT2D eigenvalue weighted by Crippen LogP contribution is 2.25. The molecule has 1 aliphatic heterocycles. The van der Waals surface area contributed by atoms with E-state index in [1.54, 1.807) is 18.3 Å². The Kier molecular flexibility index (Phi) is 4.21. The molecule has 2 aromatic heterocycles. The van der Waals surface area contributed by atoms with E-state index in [-0.39, 0.29) is 17.2 Å². The number of pyridine rings is 1. The summed E-state index contributed by atoms with van der Waals surface area (Å²) in [6.07, 6.45) is 5.27. The summed E-state index contributed by atoms with van der Waals surface area (Å²) in [4.78, 5) is 16.0. The van der Waals surface area contributed by atoms with Crippen LogP contribution in [0.4, 0.5) is 5.69 Å². The molecule has 26 heavy (non-hydrogen) atoms. The van der Waals surface area contributed by atoms with Crippen LogP contribution in [0.5, 0.6) is 0 Å². The van der Waals surface area contributed by atoms with E-state index in [2.05, 4.69) is 15.0 Å². The quantitative estimate of drug-likeness (QED) is 0.647. The van der Waals surface area contributed by atoms with Crippen molar-refractivity contribution in [2.45, 2.75) is 24.2 Å². The number of nitrogens with one attached hydrogen (secondary N) is 2. The fourth-order valence-electron chi connectivity index (χ4n) is 3.09. The zero-order valence-corrected chi connectivity index (χ0v) is 14.8. The van der Waals surface area contributed by atoms with E-state index >= 15 is 0 Å². The first-order chi connectivity index (χ1) is 12.5. The normalized spacial score (nSPS) is 13.8. The number of rotatable bonds is 6.